The summed E-state index contributed by atoms with van der Waals surface area (Å²) in [6, 6.07) is 14.2. The Balaban J connectivity index is 1.70. The van der Waals surface area contributed by atoms with Crippen molar-refractivity contribution < 1.29 is 19.7 Å². The highest BCUT2D eigenvalue weighted by Crippen LogP contribution is 2.23. The number of benzene rings is 2. The normalized spacial score (nSPS) is 17.9. The molecule has 0 amide bonds. The molecule has 2 aromatic carbocycles. The fraction of sp³-hybridized carbons (Fsp3) is 0.478. The van der Waals surface area contributed by atoms with Crippen LogP contribution >= 0.6 is 23.2 Å². The van der Waals surface area contributed by atoms with E-state index in [1.54, 1.807) is 55.5 Å². The van der Waals surface area contributed by atoms with E-state index >= 15 is 0 Å². The van der Waals surface area contributed by atoms with Crippen LogP contribution < -0.4 is 14.8 Å². The number of halogens is 2. The first kappa shape index (κ1) is 24.1. The largest absolute Gasteiger partial charge is 0.491 e. The molecule has 170 valence electrons. The second-order valence-corrected chi connectivity index (χ2v) is 8.67. The van der Waals surface area contributed by atoms with E-state index in [4.69, 9.17) is 32.7 Å². The highest BCUT2D eigenvalue weighted by molar-refractivity contribution is 6.30. The second-order valence-electron chi connectivity index (χ2n) is 7.80. The van der Waals surface area contributed by atoms with Crippen LogP contribution in [-0.4, -0.2) is 65.8 Å². The molecule has 1 aliphatic heterocycles. The SMILES string of the molecule is CC(O)C(Oc1ccc(Cl)cc1)N(C[C@@H](O)COc1ccc(Cl)cc1)C1CCNCC1. The summed E-state index contributed by atoms with van der Waals surface area (Å²) >= 11 is 11.9. The number of hydrogen-bond acceptors (Lipinski definition) is 6. The molecule has 0 aliphatic carbocycles. The molecule has 0 saturated carbocycles. The zero-order chi connectivity index (χ0) is 22.2. The minimum atomic E-state index is -0.769. The molecule has 8 heteroatoms. The third kappa shape index (κ3) is 7.52. The van der Waals surface area contributed by atoms with Gasteiger partial charge in [0.25, 0.3) is 0 Å². The van der Waals surface area contributed by atoms with E-state index in [0.717, 1.165) is 25.9 Å². The number of hydrogen-bond donors (Lipinski definition) is 3. The molecule has 2 aromatic rings. The van der Waals surface area contributed by atoms with Crippen LogP contribution in [0.3, 0.4) is 0 Å². The van der Waals surface area contributed by atoms with E-state index in [1.165, 1.54) is 0 Å². The lowest BCUT2D eigenvalue weighted by molar-refractivity contribution is -0.0986. The molecule has 3 rings (SSSR count). The number of aliphatic hydroxyl groups is 2. The average molecular weight is 469 g/mol. The maximum absolute atomic E-state index is 10.7. The van der Waals surface area contributed by atoms with Crippen molar-refractivity contribution in [2.45, 2.75) is 44.2 Å². The first-order chi connectivity index (χ1) is 14.9. The molecule has 3 N–H and O–H groups in total. The van der Waals surface area contributed by atoms with E-state index in [-0.39, 0.29) is 12.6 Å². The average Bonchev–Trinajstić information content (AvgIpc) is 2.77. The zero-order valence-corrected chi connectivity index (χ0v) is 19.1. The van der Waals surface area contributed by atoms with E-state index in [0.29, 0.717) is 28.1 Å². The van der Waals surface area contributed by atoms with E-state index < -0.39 is 18.4 Å². The van der Waals surface area contributed by atoms with Crippen LogP contribution in [0.25, 0.3) is 0 Å². The summed E-state index contributed by atoms with van der Waals surface area (Å²) in [4.78, 5) is 2.05. The topological polar surface area (TPSA) is 74.2 Å². The van der Waals surface area contributed by atoms with Crippen molar-refractivity contribution in [3.63, 3.8) is 0 Å². The van der Waals surface area contributed by atoms with Crippen molar-refractivity contribution in [2.75, 3.05) is 26.2 Å². The van der Waals surface area contributed by atoms with Crippen LogP contribution in [0.15, 0.2) is 48.5 Å². The molecule has 6 nitrogen and oxygen atoms in total. The molecule has 0 bridgehead atoms. The second kappa shape index (κ2) is 11.9. The monoisotopic (exact) mass is 468 g/mol. The van der Waals surface area contributed by atoms with Gasteiger partial charge in [-0.25, -0.2) is 0 Å². The molecule has 0 aromatic heterocycles. The third-order valence-electron chi connectivity index (χ3n) is 5.27. The van der Waals surface area contributed by atoms with Gasteiger partial charge in [-0.15, -0.1) is 0 Å². The number of nitrogens with zero attached hydrogens (tertiary/aromatic N) is 1. The van der Waals surface area contributed by atoms with Crippen LogP contribution in [0.4, 0.5) is 0 Å². The molecular formula is C23H30Cl2N2O4. The fourth-order valence-corrected chi connectivity index (χ4v) is 3.97. The van der Waals surface area contributed by atoms with Gasteiger partial charge in [0, 0.05) is 22.6 Å². The summed E-state index contributed by atoms with van der Waals surface area (Å²) in [5, 5.41) is 25.9. The minimum Gasteiger partial charge on any atom is -0.491 e. The van der Waals surface area contributed by atoms with Crippen molar-refractivity contribution >= 4 is 23.2 Å². The third-order valence-corrected chi connectivity index (χ3v) is 5.77. The van der Waals surface area contributed by atoms with Crippen molar-refractivity contribution in [1.29, 1.82) is 0 Å². The van der Waals surface area contributed by atoms with Crippen LogP contribution in [0.5, 0.6) is 11.5 Å². The number of rotatable bonds is 10. The predicted molar refractivity (Wildman–Crippen MR) is 123 cm³/mol. The Kier molecular flexibility index (Phi) is 9.26. The molecule has 0 spiro atoms. The lowest BCUT2D eigenvalue weighted by Gasteiger charge is -2.41. The van der Waals surface area contributed by atoms with Crippen molar-refractivity contribution in [1.82, 2.24) is 10.2 Å². The van der Waals surface area contributed by atoms with E-state index in [9.17, 15) is 10.2 Å². The van der Waals surface area contributed by atoms with E-state index in [2.05, 4.69) is 10.2 Å². The molecule has 0 radical (unpaired) electrons. The van der Waals surface area contributed by atoms with Crippen LogP contribution in [-0.2, 0) is 0 Å². The summed E-state index contributed by atoms with van der Waals surface area (Å²) in [5.41, 5.74) is 0. The van der Waals surface area contributed by atoms with Crippen LogP contribution in [0.2, 0.25) is 10.0 Å². The summed E-state index contributed by atoms with van der Waals surface area (Å²) in [5.74, 6) is 1.25. The summed E-state index contributed by atoms with van der Waals surface area (Å²) in [6.07, 6.45) is -0.347. The van der Waals surface area contributed by atoms with Gasteiger partial charge < -0.3 is 25.0 Å². The summed E-state index contributed by atoms with van der Waals surface area (Å²) in [7, 11) is 0. The number of nitrogens with one attached hydrogen (secondary N) is 1. The van der Waals surface area contributed by atoms with Gasteiger partial charge in [0.2, 0.25) is 0 Å². The molecular weight excluding hydrogens is 439 g/mol. The van der Waals surface area contributed by atoms with Gasteiger partial charge in [-0.05, 0) is 81.4 Å². The maximum atomic E-state index is 10.7. The predicted octanol–water partition coefficient (Wildman–Crippen LogP) is 3.57. The van der Waals surface area contributed by atoms with Crippen molar-refractivity contribution in [2.24, 2.45) is 0 Å². The van der Waals surface area contributed by atoms with Gasteiger partial charge in [-0.3, -0.25) is 4.90 Å². The standard InChI is InChI=1S/C23H30Cl2N2O4/c1-16(28)23(31-22-8-4-18(25)5-9-22)27(19-10-12-26-13-11-19)14-20(29)15-30-21-6-2-17(24)3-7-21/h2-9,16,19-20,23,26,28-29H,10-15H2,1H3/t16?,20-,23?/m1/s1. The lowest BCUT2D eigenvalue weighted by Crippen LogP contribution is -2.56. The zero-order valence-electron chi connectivity index (χ0n) is 17.6. The highest BCUT2D eigenvalue weighted by Gasteiger charge is 2.33. The van der Waals surface area contributed by atoms with Gasteiger partial charge in [-0.1, -0.05) is 23.2 Å². The van der Waals surface area contributed by atoms with Gasteiger partial charge in [0.05, 0.1) is 0 Å². The van der Waals surface area contributed by atoms with Gasteiger partial charge >= 0.3 is 0 Å². The molecule has 1 fully saturated rings. The summed E-state index contributed by atoms with van der Waals surface area (Å²) < 4.78 is 11.9. The van der Waals surface area contributed by atoms with Crippen LogP contribution in [0, 0.1) is 0 Å². The molecule has 1 aliphatic rings. The molecule has 3 atom stereocenters. The molecule has 2 unspecified atom stereocenters. The Morgan fingerprint density at radius 2 is 1.52 bits per heavy atom. The Labute approximate surface area is 193 Å². The molecule has 1 heterocycles. The van der Waals surface area contributed by atoms with Gasteiger partial charge in [0.15, 0.2) is 6.23 Å². The van der Waals surface area contributed by atoms with Crippen LogP contribution in [0.1, 0.15) is 19.8 Å². The van der Waals surface area contributed by atoms with E-state index in [1.807, 2.05) is 0 Å². The number of aliphatic hydroxyl groups excluding tert-OH is 2. The van der Waals surface area contributed by atoms with Crippen molar-refractivity contribution in [3.05, 3.63) is 58.6 Å². The first-order valence-electron chi connectivity index (χ1n) is 10.6. The number of piperidine rings is 1. The Hall–Kier alpha value is -1.54. The lowest BCUT2D eigenvalue weighted by atomic mass is 10.0. The summed E-state index contributed by atoms with van der Waals surface area (Å²) in [6.45, 7) is 3.89. The highest BCUT2D eigenvalue weighted by atomic mass is 35.5. The minimum absolute atomic E-state index is 0.122. The smallest absolute Gasteiger partial charge is 0.178 e. The van der Waals surface area contributed by atoms with Crippen molar-refractivity contribution in [3.8, 4) is 11.5 Å². The number of ether oxygens (including phenoxy) is 2. The first-order valence-corrected chi connectivity index (χ1v) is 11.3. The quantitative estimate of drug-likeness (QED) is 0.462. The maximum Gasteiger partial charge on any atom is 0.178 e. The van der Waals surface area contributed by atoms with Gasteiger partial charge in [0.1, 0.15) is 30.3 Å². The van der Waals surface area contributed by atoms with Gasteiger partial charge in [-0.2, -0.15) is 0 Å². The molecule has 31 heavy (non-hydrogen) atoms. The Morgan fingerprint density at radius 1 is 0.968 bits per heavy atom. The fourth-order valence-electron chi connectivity index (χ4n) is 3.71. The Bertz CT molecular complexity index is 783. The Morgan fingerprint density at radius 3 is 2.06 bits per heavy atom. The molecule has 1 saturated heterocycles.